The maximum atomic E-state index is 11.9. The Morgan fingerprint density at radius 1 is 1.67 bits per heavy atom. The van der Waals surface area contributed by atoms with Crippen molar-refractivity contribution in [3.63, 3.8) is 0 Å². The van der Waals surface area contributed by atoms with Gasteiger partial charge in [0.2, 0.25) is 0 Å². The molecule has 6 nitrogen and oxygen atoms in total. The molecule has 0 aliphatic heterocycles. The summed E-state index contributed by atoms with van der Waals surface area (Å²) < 4.78 is 1.23. The van der Waals surface area contributed by atoms with Crippen molar-refractivity contribution >= 4 is 11.7 Å². The van der Waals surface area contributed by atoms with Gasteiger partial charge in [-0.1, -0.05) is 19.3 Å². The molecular weight excluding hydrogens is 234 g/mol. The fourth-order valence-electron chi connectivity index (χ4n) is 1.63. The standard InChI is InChI=1S/C12H15N3O3/c1-4-6-9(5-2)13-12(16)10-7-8-11(14(10)3)15(17)18/h2,7-9H,4,6H2,1,3H3,(H,13,16). The molecule has 0 saturated carbocycles. The largest absolute Gasteiger partial charge is 0.358 e. The van der Waals surface area contributed by atoms with Crippen LogP contribution in [0.25, 0.3) is 0 Å². The summed E-state index contributed by atoms with van der Waals surface area (Å²) >= 11 is 0. The van der Waals surface area contributed by atoms with Crippen LogP contribution in [0.4, 0.5) is 5.82 Å². The molecule has 1 rings (SSSR count). The average molecular weight is 249 g/mol. The number of nitrogens with one attached hydrogen (secondary N) is 1. The van der Waals surface area contributed by atoms with Gasteiger partial charge in [-0.3, -0.25) is 4.79 Å². The van der Waals surface area contributed by atoms with Gasteiger partial charge < -0.3 is 15.4 Å². The summed E-state index contributed by atoms with van der Waals surface area (Å²) in [6, 6.07) is 2.35. The van der Waals surface area contributed by atoms with E-state index in [0.29, 0.717) is 6.42 Å². The van der Waals surface area contributed by atoms with Gasteiger partial charge in [-0.05, 0) is 17.4 Å². The summed E-state index contributed by atoms with van der Waals surface area (Å²) in [5.74, 6) is 1.95. The van der Waals surface area contributed by atoms with Crippen LogP contribution in [-0.4, -0.2) is 21.4 Å². The summed E-state index contributed by atoms with van der Waals surface area (Å²) in [5.41, 5.74) is 0.220. The van der Waals surface area contributed by atoms with E-state index in [9.17, 15) is 14.9 Å². The number of amides is 1. The van der Waals surface area contributed by atoms with Crippen molar-refractivity contribution in [2.24, 2.45) is 7.05 Å². The van der Waals surface area contributed by atoms with Crippen LogP contribution in [0.1, 0.15) is 30.3 Å². The topological polar surface area (TPSA) is 77.2 Å². The molecule has 0 aliphatic rings. The van der Waals surface area contributed by atoms with Crippen LogP contribution >= 0.6 is 0 Å². The maximum Gasteiger partial charge on any atom is 0.323 e. The first-order chi connectivity index (χ1) is 8.51. The lowest BCUT2D eigenvalue weighted by molar-refractivity contribution is -0.391. The molecule has 1 amide bonds. The highest BCUT2D eigenvalue weighted by molar-refractivity contribution is 5.93. The number of terminal acetylenes is 1. The van der Waals surface area contributed by atoms with Crippen molar-refractivity contribution in [3.8, 4) is 12.3 Å². The van der Waals surface area contributed by atoms with Crippen LogP contribution < -0.4 is 5.32 Å². The van der Waals surface area contributed by atoms with E-state index in [0.717, 1.165) is 6.42 Å². The van der Waals surface area contributed by atoms with Crippen molar-refractivity contribution in [1.82, 2.24) is 9.88 Å². The minimum atomic E-state index is -0.540. The van der Waals surface area contributed by atoms with Crippen LogP contribution in [0.15, 0.2) is 12.1 Å². The molecule has 0 spiro atoms. The Balaban J connectivity index is 2.85. The van der Waals surface area contributed by atoms with Gasteiger partial charge in [-0.2, -0.15) is 0 Å². The van der Waals surface area contributed by atoms with E-state index >= 15 is 0 Å². The van der Waals surface area contributed by atoms with E-state index in [-0.39, 0.29) is 17.6 Å². The fourth-order valence-corrected chi connectivity index (χ4v) is 1.63. The van der Waals surface area contributed by atoms with Crippen LogP contribution in [0.2, 0.25) is 0 Å². The van der Waals surface area contributed by atoms with Crippen LogP contribution in [0.3, 0.4) is 0 Å². The molecule has 1 aromatic rings. The number of nitrogens with zero attached hydrogens (tertiary/aromatic N) is 2. The first kappa shape index (κ1) is 13.8. The van der Waals surface area contributed by atoms with Gasteiger partial charge in [-0.15, -0.1) is 6.42 Å². The lowest BCUT2D eigenvalue weighted by atomic mass is 10.2. The highest BCUT2D eigenvalue weighted by Gasteiger charge is 2.21. The van der Waals surface area contributed by atoms with Gasteiger partial charge in [0.1, 0.15) is 0 Å². The highest BCUT2D eigenvalue weighted by Crippen LogP contribution is 2.15. The van der Waals surface area contributed by atoms with E-state index in [1.165, 1.54) is 23.7 Å². The molecule has 1 aromatic heterocycles. The molecular formula is C12H15N3O3. The molecule has 0 aliphatic carbocycles. The van der Waals surface area contributed by atoms with Gasteiger partial charge in [-0.25, -0.2) is 4.57 Å². The fraction of sp³-hybridized carbons (Fsp3) is 0.417. The zero-order valence-electron chi connectivity index (χ0n) is 10.3. The van der Waals surface area contributed by atoms with Gasteiger partial charge >= 0.3 is 5.82 Å². The van der Waals surface area contributed by atoms with Gasteiger partial charge in [0.25, 0.3) is 5.91 Å². The molecule has 1 N–H and O–H groups in total. The Bertz CT molecular complexity index is 499. The first-order valence-electron chi connectivity index (χ1n) is 5.58. The number of aromatic nitrogens is 1. The second-order valence-electron chi connectivity index (χ2n) is 3.87. The molecule has 6 heteroatoms. The Morgan fingerprint density at radius 2 is 2.33 bits per heavy atom. The van der Waals surface area contributed by atoms with E-state index in [1.54, 1.807) is 0 Å². The minimum Gasteiger partial charge on any atom is -0.358 e. The Labute approximate surface area is 105 Å². The molecule has 96 valence electrons. The predicted molar refractivity (Wildman–Crippen MR) is 67.1 cm³/mol. The van der Waals surface area contributed by atoms with Crippen LogP contribution in [0, 0.1) is 22.5 Å². The smallest absolute Gasteiger partial charge is 0.323 e. The van der Waals surface area contributed by atoms with Crippen LogP contribution in [-0.2, 0) is 7.05 Å². The van der Waals surface area contributed by atoms with Crippen molar-refractivity contribution in [2.45, 2.75) is 25.8 Å². The summed E-state index contributed by atoms with van der Waals surface area (Å²) in [7, 11) is 1.47. The van der Waals surface area contributed by atoms with Crippen molar-refractivity contribution < 1.29 is 9.72 Å². The molecule has 0 bridgehead atoms. The number of rotatable bonds is 5. The quantitative estimate of drug-likeness (QED) is 0.487. The number of carbonyl (C=O) groups excluding carboxylic acids is 1. The summed E-state index contributed by atoms with van der Waals surface area (Å²) in [6.07, 6.45) is 6.82. The van der Waals surface area contributed by atoms with Gasteiger partial charge in [0.15, 0.2) is 5.69 Å². The van der Waals surface area contributed by atoms with Gasteiger partial charge in [0.05, 0.1) is 13.1 Å². The third-order valence-corrected chi connectivity index (χ3v) is 2.60. The predicted octanol–water partition coefficient (Wildman–Crippen LogP) is 1.47. The lowest BCUT2D eigenvalue weighted by Gasteiger charge is -2.10. The number of nitro groups is 1. The third kappa shape index (κ3) is 2.88. The van der Waals surface area contributed by atoms with E-state index < -0.39 is 10.8 Å². The van der Waals surface area contributed by atoms with E-state index in [4.69, 9.17) is 6.42 Å². The van der Waals surface area contributed by atoms with Crippen molar-refractivity contribution in [1.29, 1.82) is 0 Å². The summed E-state index contributed by atoms with van der Waals surface area (Å²) in [5, 5.41) is 13.3. The SMILES string of the molecule is C#CC(CCC)NC(=O)c1ccc([N+](=O)[O-])n1C. The van der Waals surface area contributed by atoms with Crippen molar-refractivity contribution in [2.75, 3.05) is 0 Å². The van der Waals surface area contributed by atoms with Crippen molar-refractivity contribution in [3.05, 3.63) is 27.9 Å². The monoisotopic (exact) mass is 249 g/mol. The maximum absolute atomic E-state index is 11.9. The summed E-state index contributed by atoms with van der Waals surface area (Å²) in [6.45, 7) is 1.96. The highest BCUT2D eigenvalue weighted by atomic mass is 16.6. The molecule has 0 fully saturated rings. The molecule has 0 radical (unpaired) electrons. The van der Waals surface area contributed by atoms with Crippen LogP contribution in [0.5, 0.6) is 0 Å². The van der Waals surface area contributed by atoms with E-state index in [2.05, 4.69) is 11.2 Å². The molecule has 1 atom stereocenters. The van der Waals surface area contributed by atoms with Gasteiger partial charge in [0, 0.05) is 6.07 Å². The Kier molecular flexibility index (Phi) is 4.49. The second-order valence-corrected chi connectivity index (χ2v) is 3.87. The first-order valence-corrected chi connectivity index (χ1v) is 5.58. The number of carbonyl (C=O) groups is 1. The molecule has 1 heterocycles. The molecule has 0 saturated heterocycles. The Morgan fingerprint density at radius 3 is 2.78 bits per heavy atom. The number of hydrogen-bond acceptors (Lipinski definition) is 3. The zero-order valence-corrected chi connectivity index (χ0v) is 10.3. The minimum absolute atomic E-state index is 0.132. The number of hydrogen-bond donors (Lipinski definition) is 1. The summed E-state index contributed by atoms with van der Waals surface area (Å²) in [4.78, 5) is 22.0. The second kappa shape index (κ2) is 5.87. The third-order valence-electron chi connectivity index (χ3n) is 2.60. The molecule has 1 unspecified atom stereocenters. The lowest BCUT2D eigenvalue weighted by Crippen LogP contribution is -2.34. The Hall–Kier alpha value is -2.29. The van der Waals surface area contributed by atoms with E-state index in [1.807, 2.05) is 6.92 Å². The average Bonchev–Trinajstić information content (AvgIpc) is 2.70. The molecule has 18 heavy (non-hydrogen) atoms. The zero-order chi connectivity index (χ0) is 13.7. The normalized spacial score (nSPS) is 11.6. The molecule has 0 aromatic carbocycles.